The zero-order valence-electron chi connectivity index (χ0n) is 24.7. The summed E-state index contributed by atoms with van der Waals surface area (Å²) in [6.07, 6.45) is 3.37. The van der Waals surface area contributed by atoms with Crippen LogP contribution in [0.25, 0.3) is 11.3 Å². The van der Waals surface area contributed by atoms with Gasteiger partial charge in [0, 0.05) is 61.7 Å². The molecule has 0 bridgehead atoms. The van der Waals surface area contributed by atoms with Gasteiger partial charge >= 0.3 is 6.03 Å². The standard InChI is InChI=1S/C32H33N9O3/c1-21-19-24(36-32(42)38-29-20-22(2)44-39-29)8-11-28(21)43-30-26(5-4-13-33-30)27-12-14-34-31(37-27)35-23-6-9-25(10-7-23)41-17-15-40(3)16-18-41/h4-14,19-20H,15-18H2,1-3H3,(H,34,35,37)(H2,36,38,39,42). The van der Waals surface area contributed by atoms with E-state index in [0.717, 1.165) is 37.4 Å². The van der Waals surface area contributed by atoms with E-state index in [1.54, 1.807) is 37.5 Å². The first kappa shape index (κ1) is 28.6. The Morgan fingerprint density at radius 2 is 1.68 bits per heavy atom. The van der Waals surface area contributed by atoms with Crippen LogP contribution in [0.2, 0.25) is 0 Å². The predicted octanol–water partition coefficient (Wildman–Crippen LogP) is 6.08. The lowest BCUT2D eigenvalue weighted by Gasteiger charge is -2.34. The number of anilines is 5. The smallest absolute Gasteiger partial charge is 0.324 e. The van der Waals surface area contributed by atoms with Gasteiger partial charge in [0.05, 0.1) is 11.3 Å². The maximum absolute atomic E-state index is 12.3. The molecule has 6 rings (SSSR count). The average molecular weight is 592 g/mol. The lowest BCUT2D eigenvalue weighted by molar-refractivity contribution is 0.262. The maximum Gasteiger partial charge on any atom is 0.324 e. The fourth-order valence-electron chi connectivity index (χ4n) is 4.84. The Hall–Kier alpha value is -5.49. The Morgan fingerprint density at radius 3 is 2.43 bits per heavy atom. The summed E-state index contributed by atoms with van der Waals surface area (Å²) in [7, 11) is 2.16. The lowest BCUT2D eigenvalue weighted by Crippen LogP contribution is -2.44. The largest absolute Gasteiger partial charge is 0.438 e. The summed E-state index contributed by atoms with van der Waals surface area (Å²) in [4.78, 5) is 30.7. The van der Waals surface area contributed by atoms with Gasteiger partial charge in [-0.05, 0) is 87.1 Å². The van der Waals surface area contributed by atoms with Gasteiger partial charge in [0.25, 0.3) is 0 Å². The summed E-state index contributed by atoms with van der Waals surface area (Å²) in [5.41, 5.74) is 4.89. The number of likely N-dealkylation sites (N-methyl/N-ethyl adjacent to an activating group) is 1. The van der Waals surface area contributed by atoms with E-state index in [1.165, 1.54) is 5.69 Å². The van der Waals surface area contributed by atoms with Crippen molar-refractivity contribution in [3.63, 3.8) is 0 Å². The molecule has 1 fully saturated rings. The van der Waals surface area contributed by atoms with Crippen molar-refractivity contribution in [3.05, 3.63) is 90.4 Å². The van der Waals surface area contributed by atoms with Crippen LogP contribution in [0.4, 0.5) is 33.6 Å². The molecule has 3 N–H and O–H groups in total. The average Bonchev–Trinajstić information content (AvgIpc) is 3.43. The van der Waals surface area contributed by atoms with Crippen molar-refractivity contribution >= 4 is 34.9 Å². The number of piperazine rings is 1. The number of hydrogen-bond donors (Lipinski definition) is 3. The Bertz CT molecular complexity index is 1750. The summed E-state index contributed by atoms with van der Waals surface area (Å²) >= 11 is 0. The van der Waals surface area contributed by atoms with Crippen LogP contribution in [0.5, 0.6) is 11.6 Å². The zero-order chi connectivity index (χ0) is 30.5. The molecule has 0 unspecified atom stereocenters. The Morgan fingerprint density at radius 1 is 0.886 bits per heavy atom. The minimum absolute atomic E-state index is 0.335. The number of ether oxygens (including phenoxy) is 1. The minimum atomic E-state index is -0.433. The number of nitrogens with one attached hydrogen (secondary N) is 3. The number of carbonyl (C=O) groups excluding carboxylic acids is 1. The topological polar surface area (TPSA) is 134 Å². The molecule has 1 aliphatic heterocycles. The molecule has 44 heavy (non-hydrogen) atoms. The van der Waals surface area contributed by atoms with Crippen LogP contribution in [-0.2, 0) is 0 Å². The van der Waals surface area contributed by atoms with E-state index in [0.29, 0.717) is 46.1 Å². The number of rotatable bonds is 8. The summed E-state index contributed by atoms with van der Waals surface area (Å²) in [5, 5.41) is 12.5. The third-order valence-electron chi connectivity index (χ3n) is 7.20. The minimum Gasteiger partial charge on any atom is -0.438 e. The Kier molecular flexibility index (Phi) is 8.32. The summed E-state index contributed by atoms with van der Waals surface area (Å²) < 4.78 is 11.2. The monoisotopic (exact) mass is 591 g/mol. The third kappa shape index (κ3) is 6.93. The Balaban J connectivity index is 1.13. The van der Waals surface area contributed by atoms with Crippen molar-refractivity contribution in [2.75, 3.05) is 54.1 Å². The molecular weight excluding hydrogens is 558 g/mol. The first-order valence-corrected chi connectivity index (χ1v) is 14.3. The van der Waals surface area contributed by atoms with Gasteiger partial charge in [-0.2, -0.15) is 0 Å². The number of carbonyl (C=O) groups is 1. The third-order valence-corrected chi connectivity index (χ3v) is 7.20. The van der Waals surface area contributed by atoms with Crippen molar-refractivity contribution < 1.29 is 14.1 Å². The molecule has 0 radical (unpaired) electrons. The second-order valence-corrected chi connectivity index (χ2v) is 10.6. The fourth-order valence-corrected chi connectivity index (χ4v) is 4.84. The van der Waals surface area contributed by atoms with Gasteiger partial charge in [-0.25, -0.2) is 19.7 Å². The van der Waals surface area contributed by atoms with E-state index in [9.17, 15) is 4.79 Å². The van der Waals surface area contributed by atoms with E-state index in [1.807, 2.05) is 43.3 Å². The van der Waals surface area contributed by atoms with E-state index in [-0.39, 0.29) is 0 Å². The molecule has 0 spiro atoms. The molecule has 5 aromatic rings. The Labute approximate surface area is 255 Å². The number of amides is 2. The molecule has 0 saturated carbocycles. The number of benzene rings is 2. The highest BCUT2D eigenvalue weighted by molar-refractivity contribution is 5.99. The van der Waals surface area contributed by atoms with Crippen LogP contribution in [-0.4, -0.2) is 64.3 Å². The van der Waals surface area contributed by atoms with Crippen molar-refractivity contribution in [1.82, 2.24) is 25.0 Å². The molecular formula is C32H33N9O3. The van der Waals surface area contributed by atoms with Crippen molar-refractivity contribution in [3.8, 4) is 22.9 Å². The normalized spacial score (nSPS) is 13.4. The van der Waals surface area contributed by atoms with Gasteiger partial charge in [0.15, 0.2) is 5.82 Å². The molecule has 12 nitrogen and oxygen atoms in total. The molecule has 224 valence electrons. The van der Waals surface area contributed by atoms with E-state index in [2.05, 4.69) is 60.1 Å². The van der Waals surface area contributed by atoms with Gasteiger partial charge < -0.3 is 29.7 Å². The lowest BCUT2D eigenvalue weighted by atomic mass is 10.2. The number of urea groups is 1. The SMILES string of the molecule is Cc1cc(NC(=O)Nc2ccc(Oc3ncccc3-c3ccnc(Nc4ccc(N5CCN(C)CC5)cc4)n3)c(C)c2)no1. The predicted molar refractivity (Wildman–Crippen MR) is 170 cm³/mol. The van der Waals surface area contributed by atoms with Crippen LogP contribution in [0.1, 0.15) is 11.3 Å². The number of aryl methyl sites for hydroxylation is 2. The van der Waals surface area contributed by atoms with E-state index < -0.39 is 6.03 Å². The van der Waals surface area contributed by atoms with Crippen molar-refractivity contribution in [2.45, 2.75) is 13.8 Å². The summed E-state index contributed by atoms with van der Waals surface area (Å²) in [6, 6.07) is 20.4. The number of hydrogen-bond acceptors (Lipinski definition) is 10. The van der Waals surface area contributed by atoms with Crippen molar-refractivity contribution in [2.24, 2.45) is 0 Å². The van der Waals surface area contributed by atoms with E-state index in [4.69, 9.17) is 14.2 Å². The number of aromatic nitrogens is 4. The molecule has 2 aromatic carbocycles. The first-order chi connectivity index (χ1) is 21.4. The maximum atomic E-state index is 12.3. The molecule has 0 atom stereocenters. The summed E-state index contributed by atoms with van der Waals surface area (Å²) in [6.45, 7) is 7.81. The highest BCUT2D eigenvalue weighted by Gasteiger charge is 2.16. The van der Waals surface area contributed by atoms with Crippen LogP contribution in [0.3, 0.4) is 0 Å². The molecule has 1 saturated heterocycles. The second kappa shape index (κ2) is 12.8. The molecule has 3 aromatic heterocycles. The van der Waals surface area contributed by atoms with Gasteiger partial charge in [0.2, 0.25) is 11.8 Å². The van der Waals surface area contributed by atoms with Crippen molar-refractivity contribution in [1.29, 1.82) is 0 Å². The van der Waals surface area contributed by atoms with Crippen LogP contribution in [0, 0.1) is 13.8 Å². The first-order valence-electron chi connectivity index (χ1n) is 14.3. The van der Waals surface area contributed by atoms with Crippen LogP contribution >= 0.6 is 0 Å². The van der Waals surface area contributed by atoms with Gasteiger partial charge in [-0.15, -0.1) is 0 Å². The van der Waals surface area contributed by atoms with Gasteiger partial charge in [0.1, 0.15) is 11.5 Å². The molecule has 12 heteroatoms. The van der Waals surface area contributed by atoms with Gasteiger partial charge in [-0.1, -0.05) is 5.16 Å². The highest BCUT2D eigenvalue weighted by Crippen LogP contribution is 2.33. The zero-order valence-corrected chi connectivity index (χ0v) is 24.7. The highest BCUT2D eigenvalue weighted by atomic mass is 16.5. The van der Waals surface area contributed by atoms with Gasteiger partial charge in [-0.3, -0.25) is 5.32 Å². The fraction of sp³-hybridized carbons (Fsp3) is 0.219. The molecule has 2 amide bonds. The van der Waals surface area contributed by atoms with E-state index >= 15 is 0 Å². The quantitative estimate of drug-likeness (QED) is 0.195. The number of pyridine rings is 1. The van der Waals surface area contributed by atoms with Crippen LogP contribution in [0.15, 0.2) is 83.6 Å². The number of nitrogens with zero attached hydrogens (tertiary/aromatic N) is 6. The molecule has 0 aliphatic carbocycles. The second-order valence-electron chi connectivity index (χ2n) is 10.6. The molecule has 4 heterocycles. The summed E-state index contributed by atoms with van der Waals surface area (Å²) in [5.74, 6) is 2.40. The molecule has 1 aliphatic rings. The van der Waals surface area contributed by atoms with Crippen LogP contribution < -0.4 is 25.6 Å².